The third-order valence-corrected chi connectivity index (χ3v) is 7.77. The normalized spacial score (nSPS) is 15.7. The summed E-state index contributed by atoms with van der Waals surface area (Å²) in [7, 11) is 0. The van der Waals surface area contributed by atoms with Crippen LogP contribution in [-0.2, 0) is 36.8 Å². The number of nitrogens with two attached hydrogens (primary N) is 3. The summed E-state index contributed by atoms with van der Waals surface area (Å²) in [5, 5.41) is 37.7. The van der Waals surface area contributed by atoms with Gasteiger partial charge in [-0.3, -0.25) is 34.3 Å². The minimum atomic E-state index is -1.25. The van der Waals surface area contributed by atoms with Crippen molar-refractivity contribution in [3.05, 3.63) is 69.8 Å². The maximum atomic E-state index is 13.5. The zero-order valence-corrected chi connectivity index (χ0v) is 26.6. The number of hydrogen-bond donors (Lipinski definition) is 8. The Morgan fingerprint density at radius 3 is 2.20 bits per heavy atom. The third kappa shape index (κ3) is 11.8. The number of amides is 4. The zero-order chi connectivity index (χ0) is 36.1. The molecule has 0 unspecified atom stereocenters. The van der Waals surface area contributed by atoms with Crippen LogP contribution in [0.25, 0.3) is 0 Å². The molecule has 49 heavy (non-hydrogen) atoms. The van der Waals surface area contributed by atoms with Crippen molar-refractivity contribution >= 4 is 41.2 Å². The molecule has 2 aromatic rings. The van der Waals surface area contributed by atoms with Gasteiger partial charge in [-0.2, -0.15) is 0 Å². The van der Waals surface area contributed by atoms with Crippen molar-refractivity contribution in [1.29, 1.82) is 0 Å². The number of aromatic hydroxyl groups is 1. The van der Waals surface area contributed by atoms with E-state index in [0.29, 0.717) is 17.5 Å². The number of benzene rings is 2. The SMILES string of the molecule is NC(N)=NCCC[C@@H](NC(=O)[C@@H](N)Cc1ccc(O)cc1)C(=O)NCC(=O)N[C@@H](Cc1ccc([N+](=O)[O-])cc1)C(=O)N1CCC[C@H]1C(=O)O. The summed E-state index contributed by atoms with van der Waals surface area (Å²) in [6, 6.07) is 6.92. The Hall–Kier alpha value is -5.78. The number of hydrogen-bond acceptors (Lipinski definition) is 10. The van der Waals surface area contributed by atoms with Gasteiger partial charge in [-0.05, 0) is 55.4 Å². The van der Waals surface area contributed by atoms with Crippen molar-refractivity contribution in [2.24, 2.45) is 22.2 Å². The number of nitrogens with one attached hydrogen (secondary N) is 3. The third-order valence-electron chi connectivity index (χ3n) is 7.77. The fourth-order valence-electron chi connectivity index (χ4n) is 5.24. The highest BCUT2D eigenvalue weighted by atomic mass is 16.6. The van der Waals surface area contributed by atoms with Crippen LogP contribution >= 0.6 is 0 Å². The molecule has 1 aliphatic heterocycles. The topological polar surface area (TPSA) is 299 Å². The van der Waals surface area contributed by atoms with E-state index in [4.69, 9.17) is 17.2 Å². The molecule has 1 heterocycles. The second-order valence-electron chi connectivity index (χ2n) is 11.5. The minimum absolute atomic E-state index is 0.0471. The summed E-state index contributed by atoms with van der Waals surface area (Å²) in [4.78, 5) is 80.0. The molecule has 18 heteroatoms. The highest BCUT2D eigenvalue weighted by molar-refractivity contribution is 5.94. The monoisotopic (exact) mass is 683 g/mol. The molecule has 0 aromatic heterocycles. The van der Waals surface area contributed by atoms with E-state index >= 15 is 0 Å². The molecule has 264 valence electrons. The van der Waals surface area contributed by atoms with Crippen LogP contribution in [-0.4, -0.2) is 99.4 Å². The number of carboxylic acid groups (broad SMARTS) is 1. The molecule has 0 spiro atoms. The van der Waals surface area contributed by atoms with Crippen LogP contribution in [0.5, 0.6) is 5.75 Å². The van der Waals surface area contributed by atoms with E-state index in [9.17, 15) is 44.3 Å². The summed E-state index contributed by atoms with van der Waals surface area (Å²) in [5.41, 5.74) is 17.8. The quantitative estimate of drug-likeness (QED) is 0.0315. The lowest BCUT2D eigenvalue weighted by Gasteiger charge is -2.27. The molecule has 0 bridgehead atoms. The maximum Gasteiger partial charge on any atom is 0.326 e. The number of rotatable bonds is 17. The summed E-state index contributed by atoms with van der Waals surface area (Å²) in [6.45, 7) is -0.289. The number of carboxylic acids is 1. The lowest BCUT2D eigenvalue weighted by Crippen LogP contribution is -2.55. The fourth-order valence-corrected chi connectivity index (χ4v) is 5.24. The molecule has 4 atom stereocenters. The van der Waals surface area contributed by atoms with E-state index in [2.05, 4.69) is 20.9 Å². The Kier molecular flexibility index (Phi) is 13.8. The largest absolute Gasteiger partial charge is 0.508 e. The van der Waals surface area contributed by atoms with Crippen molar-refractivity contribution in [3.8, 4) is 5.75 Å². The number of guanidine groups is 1. The Balaban J connectivity index is 1.69. The van der Waals surface area contributed by atoms with Gasteiger partial charge in [0.2, 0.25) is 23.6 Å². The first-order valence-corrected chi connectivity index (χ1v) is 15.5. The van der Waals surface area contributed by atoms with Crippen molar-refractivity contribution in [2.45, 2.75) is 62.7 Å². The second-order valence-corrected chi connectivity index (χ2v) is 11.5. The zero-order valence-electron chi connectivity index (χ0n) is 26.6. The van der Waals surface area contributed by atoms with Crippen LogP contribution in [0.3, 0.4) is 0 Å². The fraction of sp³-hybridized carbons (Fsp3) is 0.419. The maximum absolute atomic E-state index is 13.5. The van der Waals surface area contributed by atoms with Crippen LogP contribution in [0.2, 0.25) is 0 Å². The number of carbonyl (C=O) groups excluding carboxylic acids is 4. The molecule has 1 saturated heterocycles. The minimum Gasteiger partial charge on any atom is -0.508 e. The van der Waals surface area contributed by atoms with Gasteiger partial charge in [0.15, 0.2) is 5.96 Å². The van der Waals surface area contributed by atoms with Crippen LogP contribution < -0.4 is 33.2 Å². The van der Waals surface area contributed by atoms with Gasteiger partial charge in [0, 0.05) is 31.6 Å². The summed E-state index contributed by atoms with van der Waals surface area (Å²) < 4.78 is 0. The molecule has 1 fully saturated rings. The van der Waals surface area contributed by atoms with Gasteiger partial charge in [0.25, 0.3) is 5.69 Å². The van der Waals surface area contributed by atoms with E-state index in [1.807, 2.05) is 0 Å². The van der Waals surface area contributed by atoms with Crippen LogP contribution in [0.15, 0.2) is 53.5 Å². The standard InChI is InChI=1S/C31H41N9O9/c32-22(15-18-7-11-21(41)12-8-18)27(43)38-23(3-1-13-35-31(33)34)28(44)36-17-26(42)37-24(16-19-5-9-20(10-6-19)40(48)49)29(45)39-14-2-4-25(39)30(46)47/h5-12,22-25,41H,1-4,13-17,32H2,(H,36,44)(H,37,42)(H,38,43)(H,46,47)(H4,33,34,35)/t22-,23+,24-,25-/m0/s1. The molecule has 1 aliphatic rings. The Morgan fingerprint density at radius 2 is 1.59 bits per heavy atom. The van der Waals surface area contributed by atoms with Crippen molar-refractivity contribution in [1.82, 2.24) is 20.9 Å². The molecule has 18 nitrogen and oxygen atoms in total. The van der Waals surface area contributed by atoms with Crippen molar-refractivity contribution < 1.29 is 39.1 Å². The number of aliphatic carboxylic acids is 1. The summed E-state index contributed by atoms with van der Waals surface area (Å²) in [6.07, 6.45) is 1.05. The van der Waals surface area contributed by atoms with E-state index < -0.39 is 65.2 Å². The van der Waals surface area contributed by atoms with Crippen LogP contribution in [0, 0.1) is 10.1 Å². The molecule has 2 aromatic carbocycles. The molecule has 4 amide bonds. The van der Waals surface area contributed by atoms with Gasteiger partial charge in [0.1, 0.15) is 23.9 Å². The number of likely N-dealkylation sites (tertiary alicyclic amines) is 1. The van der Waals surface area contributed by atoms with Gasteiger partial charge >= 0.3 is 5.97 Å². The predicted octanol–water partition coefficient (Wildman–Crippen LogP) is -1.37. The smallest absolute Gasteiger partial charge is 0.326 e. The average molecular weight is 684 g/mol. The molecule has 0 radical (unpaired) electrons. The molecule has 3 rings (SSSR count). The van der Waals surface area contributed by atoms with Crippen LogP contribution in [0.1, 0.15) is 36.8 Å². The van der Waals surface area contributed by atoms with Gasteiger partial charge in [-0.1, -0.05) is 24.3 Å². The Labute approximate surface area is 281 Å². The Bertz CT molecular complexity index is 1530. The van der Waals surface area contributed by atoms with Crippen molar-refractivity contribution in [2.75, 3.05) is 19.6 Å². The van der Waals surface area contributed by atoms with Crippen LogP contribution in [0.4, 0.5) is 5.69 Å². The number of aliphatic imine (C=N–C) groups is 1. The van der Waals surface area contributed by atoms with Crippen molar-refractivity contribution in [3.63, 3.8) is 0 Å². The number of nitro benzene ring substituents is 1. The number of nitro groups is 1. The highest BCUT2D eigenvalue weighted by Gasteiger charge is 2.38. The first kappa shape index (κ1) is 37.7. The number of carbonyl (C=O) groups is 5. The van der Waals surface area contributed by atoms with Gasteiger partial charge < -0.3 is 48.3 Å². The van der Waals surface area contributed by atoms with E-state index in [0.717, 1.165) is 0 Å². The van der Waals surface area contributed by atoms with E-state index in [-0.39, 0.29) is 62.6 Å². The lowest BCUT2D eigenvalue weighted by molar-refractivity contribution is -0.384. The second kappa shape index (κ2) is 17.9. The first-order chi connectivity index (χ1) is 23.2. The lowest BCUT2D eigenvalue weighted by atomic mass is 10.0. The molecular formula is C31H41N9O9. The Morgan fingerprint density at radius 1 is 0.959 bits per heavy atom. The van der Waals surface area contributed by atoms with Gasteiger partial charge in [-0.25, -0.2) is 4.79 Å². The average Bonchev–Trinajstić information content (AvgIpc) is 3.56. The predicted molar refractivity (Wildman–Crippen MR) is 176 cm³/mol. The highest BCUT2D eigenvalue weighted by Crippen LogP contribution is 2.20. The molecular weight excluding hydrogens is 642 g/mol. The van der Waals surface area contributed by atoms with E-state index in [1.54, 1.807) is 12.1 Å². The molecule has 0 aliphatic carbocycles. The molecule has 11 N–H and O–H groups in total. The number of phenolic OH excluding ortho intramolecular Hbond substituents is 1. The first-order valence-electron chi connectivity index (χ1n) is 15.5. The van der Waals surface area contributed by atoms with Gasteiger partial charge in [0.05, 0.1) is 17.5 Å². The number of non-ortho nitro benzene ring substituents is 1. The number of phenols is 1. The summed E-state index contributed by atoms with van der Waals surface area (Å²) >= 11 is 0. The van der Waals surface area contributed by atoms with E-state index in [1.165, 1.54) is 41.3 Å². The summed E-state index contributed by atoms with van der Waals surface area (Å²) in [5.74, 6) is -4.11. The van der Waals surface area contributed by atoms with Gasteiger partial charge in [-0.15, -0.1) is 0 Å². The number of nitrogens with zero attached hydrogens (tertiary/aromatic N) is 3. The molecule has 0 saturated carbocycles.